The number of aromatic nitrogens is 2. The Kier molecular flexibility index (Phi) is 6.40. The molecule has 0 saturated heterocycles. The van der Waals surface area contributed by atoms with Crippen LogP contribution in [0.4, 0.5) is 10.1 Å². The highest BCUT2D eigenvalue weighted by atomic mass is 19.1. The van der Waals surface area contributed by atoms with Gasteiger partial charge in [0.15, 0.2) is 0 Å². The van der Waals surface area contributed by atoms with E-state index in [0.717, 1.165) is 10.2 Å². The molecule has 0 unspecified atom stereocenters. The SMILES string of the molecule is O=C(Cn1nc(-c2ccc(F)cc2)oc1=O)Nc1ccccc1C(=O)NCc1ccccc1. The van der Waals surface area contributed by atoms with Crippen molar-refractivity contribution in [3.63, 3.8) is 0 Å². The molecular weight excluding hydrogens is 427 g/mol. The Labute approximate surface area is 187 Å². The van der Waals surface area contributed by atoms with Gasteiger partial charge in [-0.05, 0) is 42.0 Å². The Morgan fingerprint density at radius 2 is 1.64 bits per heavy atom. The van der Waals surface area contributed by atoms with Crippen LogP contribution in [-0.2, 0) is 17.9 Å². The van der Waals surface area contributed by atoms with E-state index in [1.165, 1.54) is 24.3 Å². The van der Waals surface area contributed by atoms with Gasteiger partial charge in [-0.3, -0.25) is 9.59 Å². The summed E-state index contributed by atoms with van der Waals surface area (Å²) >= 11 is 0. The van der Waals surface area contributed by atoms with Crippen molar-refractivity contribution < 1.29 is 18.4 Å². The van der Waals surface area contributed by atoms with Gasteiger partial charge in [-0.25, -0.2) is 9.18 Å². The second-order valence-electron chi connectivity index (χ2n) is 7.10. The van der Waals surface area contributed by atoms with E-state index >= 15 is 0 Å². The highest BCUT2D eigenvalue weighted by molar-refractivity contribution is 6.03. The van der Waals surface area contributed by atoms with Crippen molar-refractivity contribution in [2.75, 3.05) is 5.32 Å². The number of rotatable bonds is 7. The fourth-order valence-electron chi connectivity index (χ4n) is 3.10. The molecule has 2 amide bonds. The Bertz CT molecular complexity index is 1330. The maximum absolute atomic E-state index is 13.1. The van der Waals surface area contributed by atoms with Gasteiger partial charge in [0.2, 0.25) is 11.8 Å². The number of hydrogen-bond donors (Lipinski definition) is 2. The van der Waals surface area contributed by atoms with Crippen LogP contribution in [0.1, 0.15) is 15.9 Å². The zero-order valence-corrected chi connectivity index (χ0v) is 17.3. The standard InChI is InChI=1S/C24H19FN4O4/c25-18-12-10-17(11-13-18)23-28-29(24(32)33-23)15-21(30)27-20-9-5-4-8-19(20)22(31)26-14-16-6-2-1-3-7-16/h1-13H,14-15H2,(H,26,31)(H,27,30). The van der Waals surface area contributed by atoms with E-state index in [1.54, 1.807) is 24.3 Å². The molecule has 0 radical (unpaired) electrons. The largest absolute Gasteiger partial charge is 0.437 e. The molecule has 0 aliphatic carbocycles. The topological polar surface area (TPSA) is 106 Å². The summed E-state index contributed by atoms with van der Waals surface area (Å²) in [6.07, 6.45) is 0. The van der Waals surface area contributed by atoms with Crippen molar-refractivity contribution in [2.24, 2.45) is 0 Å². The number of nitrogens with one attached hydrogen (secondary N) is 2. The first-order valence-electron chi connectivity index (χ1n) is 10.0. The molecule has 8 nitrogen and oxygen atoms in total. The smallest absolute Gasteiger partial charge is 0.388 e. The number of hydrogen-bond acceptors (Lipinski definition) is 5. The van der Waals surface area contributed by atoms with Crippen LogP contribution in [0.3, 0.4) is 0 Å². The van der Waals surface area contributed by atoms with Gasteiger partial charge in [-0.2, -0.15) is 4.68 Å². The number of carbonyl (C=O) groups excluding carboxylic acids is 2. The Hall–Kier alpha value is -4.53. The lowest BCUT2D eigenvalue weighted by Gasteiger charge is -2.11. The molecule has 1 heterocycles. The van der Waals surface area contributed by atoms with E-state index < -0.39 is 24.0 Å². The summed E-state index contributed by atoms with van der Waals surface area (Å²) in [6.45, 7) is -0.0913. The van der Waals surface area contributed by atoms with E-state index in [-0.39, 0.29) is 17.4 Å². The van der Waals surface area contributed by atoms with Gasteiger partial charge >= 0.3 is 5.76 Å². The van der Waals surface area contributed by atoms with Crippen molar-refractivity contribution in [3.8, 4) is 11.5 Å². The normalized spacial score (nSPS) is 10.6. The lowest BCUT2D eigenvalue weighted by Crippen LogP contribution is -2.28. The summed E-state index contributed by atoms with van der Waals surface area (Å²) in [7, 11) is 0. The van der Waals surface area contributed by atoms with Gasteiger partial charge in [0, 0.05) is 12.1 Å². The maximum Gasteiger partial charge on any atom is 0.437 e. The van der Waals surface area contributed by atoms with E-state index in [9.17, 15) is 18.8 Å². The van der Waals surface area contributed by atoms with Gasteiger partial charge < -0.3 is 15.1 Å². The predicted octanol–water partition coefficient (Wildman–Crippen LogP) is 3.21. The minimum Gasteiger partial charge on any atom is -0.388 e. The molecule has 0 spiro atoms. The van der Waals surface area contributed by atoms with E-state index in [2.05, 4.69) is 15.7 Å². The fraction of sp³-hybridized carbons (Fsp3) is 0.0833. The van der Waals surface area contributed by atoms with Crippen molar-refractivity contribution >= 4 is 17.5 Å². The Balaban J connectivity index is 1.43. The van der Waals surface area contributed by atoms with Gasteiger partial charge in [0.25, 0.3) is 5.91 Å². The van der Waals surface area contributed by atoms with Crippen molar-refractivity contribution in [1.29, 1.82) is 0 Å². The lowest BCUT2D eigenvalue weighted by molar-refractivity contribution is -0.117. The fourth-order valence-corrected chi connectivity index (χ4v) is 3.10. The molecule has 0 aliphatic heterocycles. The molecule has 0 atom stereocenters. The molecule has 33 heavy (non-hydrogen) atoms. The first kappa shape index (κ1) is 21.7. The summed E-state index contributed by atoms with van der Waals surface area (Å²) in [4.78, 5) is 37.3. The first-order valence-corrected chi connectivity index (χ1v) is 10.0. The van der Waals surface area contributed by atoms with Crippen LogP contribution < -0.4 is 16.4 Å². The summed E-state index contributed by atoms with van der Waals surface area (Å²) in [6, 6.07) is 21.2. The van der Waals surface area contributed by atoms with Crippen LogP contribution in [0.15, 0.2) is 88.1 Å². The summed E-state index contributed by atoms with van der Waals surface area (Å²) in [5, 5.41) is 9.43. The van der Waals surface area contributed by atoms with Gasteiger partial charge in [0.1, 0.15) is 12.4 Å². The third-order valence-electron chi connectivity index (χ3n) is 4.73. The van der Waals surface area contributed by atoms with Crippen LogP contribution in [0.5, 0.6) is 0 Å². The number of nitrogens with zero attached hydrogens (tertiary/aromatic N) is 2. The molecule has 4 rings (SSSR count). The van der Waals surface area contributed by atoms with Crippen LogP contribution in [-0.4, -0.2) is 21.6 Å². The average molecular weight is 446 g/mol. The van der Waals surface area contributed by atoms with Crippen molar-refractivity contribution in [1.82, 2.24) is 15.1 Å². The van der Waals surface area contributed by atoms with Gasteiger partial charge in [0.05, 0.1) is 11.3 Å². The van der Waals surface area contributed by atoms with E-state index in [1.807, 2.05) is 30.3 Å². The number of anilines is 1. The van der Waals surface area contributed by atoms with Gasteiger partial charge in [-0.1, -0.05) is 42.5 Å². The summed E-state index contributed by atoms with van der Waals surface area (Å²) in [5.41, 5.74) is 1.91. The average Bonchev–Trinajstić information content (AvgIpc) is 3.18. The molecule has 0 bridgehead atoms. The molecule has 0 saturated carbocycles. The Morgan fingerprint density at radius 3 is 2.39 bits per heavy atom. The molecule has 166 valence electrons. The highest BCUT2D eigenvalue weighted by Gasteiger charge is 2.16. The number of amides is 2. The maximum atomic E-state index is 13.1. The summed E-state index contributed by atoms with van der Waals surface area (Å²) in [5.74, 6) is -2.23. The first-order chi connectivity index (χ1) is 16.0. The zero-order chi connectivity index (χ0) is 23.2. The second kappa shape index (κ2) is 9.73. The number of benzene rings is 3. The monoisotopic (exact) mass is 446 g/mol. The molecule has 9 heteroatoms. The molecule has 1 aromatic heterocycles. The van der Waals surface area contributed by atoms with Crippen LogP contribution in [0, 0.1) is 5.82 Å². The lowest BCUT2D eigenvalue weighted by atomic mass is 10.1. The molecule has 4 aromatic rings. The second-order valence-corrected chi connectivity index (χ2v) is 7.10. The van der Waals surface area contributed by atoms with Gasteiger partial charge in [-0.15, -0.1) is 5.10 Å². The quantitative estimate of drug-likeness (QED) is 0.454. The molecule has 3 aromatic carbocycles. The molecule has 0 fully saturated rings. The van der Waals surface area contributed by atoms with Crippen LogP contribution in [0.2, 0.25) is 0 Å². The molecule has 2 N–H and O–H groups in total. The predicted molar refractivity (Wildman–Crippen MR) is 119 cm³/mol. The minimum atomic E-state index is -0.835. The van der Waals surface area contributed by atoms with E-state index in [0.29, 0.717) is 17.8 Å². The number of halogens is 1. The molecular formula is C24H19FN4O4. The third-order valence-corrected chi connectivity index (χ3v) is 4.73. The van der Waals surface area contributed by atoms with Crippen molar-refractivity contribution in [3.05, 3.63) is 106 Å². The highest BCUT2D eigenvalue weighted by Crippen LogP contribution is 2.17. The zero-order valence-electron chi connectivity index (χ0n) is 17.3. The van der Waals surface area contributed by atoms with Crippen LogP contribution in [0.25, 0.3) is 11.5 Å². The van der Waals surface area contributed by atoms with Crippen LogP contribution >= 0.6 is 0 Å². The van der Waals surface area contributed by atoms with E-state index in [4.69, 9.17) is 4.42 Å². The Morgan fingerprint density at radius 1 is 0.939 bits per heavy atom. The number of para-hydroxylation sites is 1. The third kappa shape index (κ3) is 5.40. The minimum absolute atomic E-state index is 0.0338. The summed E-state index contributed by atoms with van der Waals surface area (Å²) < 4.78 is 19.0. The molecule has 0 aliphatic rings. The van der Waals surface area contributed by atoms with Crippen molar-refractivity contribution in [2.45, 2.75) is 13.1 Å². The number of carbonyl (C=O) groups is 2.